The summed E-state index contributed by atoms with van der Waals surface area (Å²) in [6.45, 7) is 0. The molecule has 17 heavy (non-hydrogen) atoms. The molecule has 0 spiro atoms. The zero-order valence-electron chi connectivity index (χ0n) is 9.67. The van der Waals surface area contributed by atoms with Crippen LogP contribution in [0.25, 0.3) is 0 Å². The Hall–Kier alpha value is -2.04. The first-order chi connectivity index (χ1) is 8.24. The maximum atomic E-state index is 11.3. The molecule has 0 radical (unpaired) electrons. The number of ether oxygens (including phenoxy) is 2. The first-order valence-corrected chi connectivity index (χ1v) is 5.19. The topological polar surface area (TPSA) is 57.1 Å². The Morgan fingerprint density at radius 2 is 2.06 bits per heavy atom. The maximum absolute atomic E-state index is 11.3. The van der Waals surface area contributed by atoms with Gasteiger partial charge >= 0.3 is 5.97 Å². The standard InChI is InChI=1S/C12H13NO4/c1-15-9-5-3-8(4-6-9)10-7-11(17-13-10)12(14)16-2/h3-6,11H,7H2,1-2H3/t11-/m0/s1. The number of oxime groups is 1. The highest BCUT2D eigenvalue weighted by molar-refractivity contribution is 6.03. The summed E-state index contributed by atoms with van der Waals surface area (Å²) >= 11 is 0. The Balaban J connectivity index is 2.07. The third-order valence-electron chi connectivity index (χ3n) is 2.56. The molecule has 1 aromatic carbocycles. The van der Waals surface area contributed by atoms with E-state index in [1.54, 1.807) is 7.11 Å². The summed E-state index contributed by atoms with van der Waals surface area (Å²) in [6, 6.07) is 7.42. The van der Waals surface area contributed by atoms with Crippen molar-refractivity contribution in [3.63, 3.8) is 0 Å². The molecule has 2 rings (SSSR count). The van der Waals surface area contributed by atoms with E-state index < -0.39 is 12.1 Å². The number of rotatable bonds is 3. The molecule has 0 aliphatic carbocycles. The summed E-state index contributed by atoms with van der Waals surface area (Å²) in [7, 11) is 2.94. The van der Waals surface area contributed by atoms with Crippen molar-refractivity contribution in [3.8, 4) is 5.75 Å². The molecule has 0 N–H and O–H groups in total. The quantitative estimate of drug-likeness (QED) is 0.742. The second kappa shape index (κ2) is 4.86. The molecule has 1 atom stereocenters. The minimum atomic E-state index is -0.628. The third kappa shape index (κ3) is 2.38. The fraction of sp³-hybridized carbons (Fsp3) is 0.333. The number of hydrogen-bond donors (Lipinski definition) is 0. The number of hydrogen-bond acceptors (Lipinski definition) is 5. The molecule has 0 aromatic heterocycles. The second-order valence-corrected chi connectivity index (χ2v) is 3.59. The van der Waals surface area contributed by atoms with Crippen molar-refractivity contribution in [2.45, 2.75) is 12.5 Å². The van der Waals surface area contributed by atoms with Crippen LogP contribution in [0, 0.1) is 0 Å². The van der Waals surface area contributed by atoms with Crippen LogP contribution in [0.4, 0.5) is 0 Å². The van der Waals surface area contributed by atoms with E-state index in [0.717, 1.165) is 17.0 Å². The van der Waals surface area contributed by atoms with Crippen molar-refractivity contribution < 1.29 is 19.1 Å². The minimum Gasteiger partial charge on any atom is -0.497 e. The van der Waals surface area contributed by atoms with Crippen LogP contribution in [-0.4, -0.2) is 32.0 Å². The molecule has 0 amide bonds. The highest BCUT2D eigenvalue weighted by atomic mass is 16.7. The fourth-order valence-corrected chi connectivity index (χ4v) is 1.59. The molecule has 0 bridgehead atoms. The second-order valence-electron chi connectivity index (χ2n) is 3.59. The SMILES string of the molecule is COC(=O)[C@@H]1CC(c2ccc(OC)cc2)=NO1. The molecule has 1 heterocycles. The van der Waals surface area contributed by atoms with E-state index in [1.165, 1.54) is 7.11 Å². The van der Waals surface area contributed by atoms with Gasteiger partial charge in [0.1, 0.15) is 5.75 Å². The lowest BCUT2D eigenvalue weighted by Gasteiger charge is -2.04. The van der Waals surface area contributed by atoms with Crippen LogP contribution in [0.5, 0.6) is 5.75 Å². The summed E-state index contributed by atoms with van der Waals surface area (Å²) in [5.74, 6) is 0.370. The van der Waals surface area contributed by atoms with Crippen LogP contribution in [0.2, 0.25) is 0 Å². The number of nitrogens with zero attached hydrogens (tertiary/aromatic N) is 1. The first-order valence-electron chi connectivity index (χ1n) is 5.19. The Kier molecular flexibility index (Phi) is 3.27. The monoisotopic (exact) mass is 235 g/mol. The molecular formula is C12H13NO4. The van der Waals surface area contributed by atoms with Gasteiger partial charge in [-0.2, -0.15) is 0 Å². The molecule has 1 aliphatic rings. The number of esters is 1. The number of carbonyl (C=O) groups is 1. The lowest BCUT2D eigenvalue weighted by atomic mass is 10.1. The van der Waals surface area contributed by atoms with Crippen molar-refractivity contribution in [1.82, 2.24) is 0 Å². The fourth-order valence-electron chi connectivity index (χ4n) is 1.59. The van der Waals surface area contributed by atoms with Crippen molar-refractivity contribution in [2.75, 3.05) is 14.2 Å². The Morgan fingerprint density at radius 1 is 1.35 bits per heavy atom. The van der Waals surface area contributed by atoms with Gasteiger partial charge in [-0.1, -0.05) is 5.16 Å². The Bertz CT molecular complexity index is 438. The van der Waals surface area contributed by atoms with E-state index in [1.807, 2.05) is 24.3 Å². The van der Waals surface area contributed by atoms with E-state index in [0.29, 0.717) is 6.42 Å². The highest BCUT2D eigenvalue weighted by Gasteiger charge is 2.29. The molecule has 0 saturated carbocycles. The molecule has 1 aromatic rings. The van der Waals surface area contributed by atoms with E-state index in [9.17, 15) is 4.79 Å². The normalized spacial score (nSPS) is 18.2. The average molecular weight is 235 g/mol. The molecular weight excluding hydrogens is 222 g/mol. The summed E-state index contributed by atoms with van der Waals surface area (Å²) in [6.07, 6.45) is -0.198. The van der Waals surface area contributed by atoms with Gasteiger partial charge in [0.25, 0.3) is 0 Å². The van der Waals surface area contributed by atoms with Gasteiger partial charge < -0.3 is 14.3 Å². The van der Waals surface area contributed by atoms with Crippen molar-refractivity contribution in [3.05, 3.63) is 29.8 Å². The van der Waals surface area contributed by atoms with Gasteiger partial charge in [0.2, 0.25) is 6.10 Å². The van der Waals surface area contributed by atoms with E-state index in [4.69, 9.17) is 9.57 Å². The summed E-state index contributed by atoms with van der Waals surface area (Å²) in [4.78, 5) is 16.3. The van der Waals surface area contributed by atoms with E-state index in [-0.39, 0.29) is 0 Å². The first kappa shape index (κ1) is 11.4. The molecule has 0 saturated heterocycles. The Morgan fingerprint density at radius 3 is 2.65 bits per heavy atom. The van der Waals surface area contributed by atoms with Crippen LogP contribution < -0.4 is 4.74 Å². The van der Waals surface area contributed by atoms with Gasteiger partial charge in [-0.25, -0.2) is 4.79 Å². The van der Waals surface area contributed by atoms with Gasteiger partial charge in [-0.3, -0.25) is 0 Å². The minimum absolute atomic E-state index is 0.405. The van der Waals surface area contributed by atoms with Gasteiger partial charge in [-0.15, -0.1) is 0 Å². The lowest BCUT2D eigenvalue weighted by molar-refractivity contribution is -0.152. The predicted molar refractivity (Wildman–Crippen MR) is 61.0 cm³/mol. The van der Waals surface area contributed by atoms with Crippen LogP contribution >= 0.6 is 0 Å². The number of methoxy groups -OCH3 is 2. The average Bonchev–Trinajstić information content (AvgIpc) is 2.87. The third-order valence-corrected chi connectivity index (χ3v) is 2.56. The van der Waals surface area contributed by atoms with Crippen molar-refractivity contribution in [2.24, 2.45) is 5.16 Å². The molecule has 0 fully saturated rings. The number of benzene rings is 1. The van der Waals surface area contributed by atoms with Crippen molar-refractivity contribution in [1.29, 1.82) is 0 Å². The van der Waals surface area contributed by atoms with E-state index >= 15 is 0 Å². The number of carbonyl (C=O) groups excluding carboxylic acids is 1. The zero-order valence-corrected chi connectivity index (χ0v) is 9.67. The van der Waals surface area contributed by atoms with Crippen LogP contribution in [0.3, 0.4) is 0 Å². The van der Waals surface area contributed by atoms with Crippen molar-refractivity contribution >= 4 is 11.7 Å². The van der Waals surface area contributed by atoms with Gasteiger partial charge in [0.15, 0.2) is 0 Å². The summed E-state index contributed by atoms with van der Waals surface area (Å²) in [5, 5.41) is 3.89. The van der Waals surface area contributed by atoms with Crippen LogP contribution in [0.1, 0.15) is 12.0 Å². The zero-order chi connectivity index (χ0) is 12.3. The molecule has 90 valence electrons. The summed E-state index contributed by atoms with van der Waals surface area (Å²) < 4.78 is 9.66. The van der Waals surface area contributed by atoms with Gasteiger partial charge in [0, 0.05) is 6.42 Å². The molecule has 1 aliphatic heterocycles. The maximum Gasteiger partial charge on any atom is 0.350 e. The smallest absolute Gasteiger partial charge is 0.350 e. The molecule has 5 nitrogen and oxygen atoms in total. The Labute approximate surface area is 99.0 Å². The van der Waals surface area contributed by atoms with Crippen LogP contribution in [0.15, 0.2) is 29.4 Å². The van der Waals surface area contributed by atoms with E-state index in [2.05, 4.69) is 9.89 Å². The predicted octanol–water partition coefficient (Wildman–Crippen LogP) is 1.36. The van der Waals surface area contributed by atoms with Gasteiger partial charge in [0.05, 0.1) is 19.9 Å². The van der Waals surface area contributed by atoms with Gasteiger partial charge in [-0.05, 0) is 29.8 Å². The molecule has 5 heteroatoms. The highest BCUT2D eigenvalue weighted by Crippen LogP contribution is 2.19. The summed E-state index contributed by atoms with van der Waals surface area (Å²) in [5.41, 5.74) is 1.65. The largest absolute Gasteiger partial charge is 0.497 e. The molecule has 0 unspecified atom stereocenters. The van der Waals surface area contributed by atoms with Crippen LogP contribution in [-0.2, 0) is 14.4 Å². The lowest BCUT2D eigenvalue weighted by Crippen LogP contribution is -2.22.